The Morgan fingerprint density at radius 1 is 0.875 bits per heavy atom. The quantitative estimate of drug-likeness (QED) is 0.453. The Bertz CT molecular complexity index is 1300. The van der Waals surface area contributed by atoms with Gasteiger partial charge < -0.3 is 9.47 Å². The van der Waals surface area contributed by atoms with Gasteiger partial charge in [-0.2, -0.15) is 9.78 Å². The van der Waals surface area contributed by atoms with Gasteiger partial charge in [0.2, 0.25) is 0 Å². The van der Waals surface area contributed by atoms with Gasteiger partial charge in [-0.25, -0.2) is 19.9 Å². The highest BCUT2D eigenvalue weighted by Crippen LogP contribution is 2.28. The van der Waals surface area contributed by atoms with Crippen LogP contribution in [-0.4, -0.2) is 43.9 Å². The molecule has 0 unspecified atom stereocenters. The Morgan fingerprint density at radius 2 is 1.69 bits per heavy atom. The van der Waals surface area contributed by atoms with Crippen LogP contribution < -0.4 is 9.47 Å². The van der Waals surface area contributed by atoms with Gasteiger partial charge in [0.05, 0.1) is 14.2 Å². The van der Waals surface area contributed by atoms with Crippen LogP contribution in [0.2, 0.25) is 0 Å². The Balaban J connectivity index is 1.63. The molecule has 0 saturated carbocycles. The van der Waals surface area contributed by atoms with E-state index in [1.165, 1.54) is 6.33 Å². The predicted octanol–water partition coefficient (Wildman–Crippen LogP) is 3.08. The lowest BCUT2D eigenvalue weighted by Crippen LogP contribution is -2.08. The molecule has 0 spiro atoms. The molecule has 0 radical (unpaired) electrons. The second-order valence-corrected chi connectivity index (χ2v) is 7.08. The van der Waals surface area contributed by atoms with Gasteiger partial charge in [-0.15, -0.1) is 0 Å². The summed E-state index contributed by atoms with van der Waals surface area (Å²) in [6.07, 6.45) is 3.84. The third kappa shape index (κ3) is 4.73. The third-order valence-electron chi connectivity index (χ3n) is 4.70. The zero-order valence-corrected chi connectivity index (χ0v) is 18.3. The van der Waals surface area contributed by atoms with Crippen molar-refractivity contribution in [2.24, 2.45) is 0 Å². The summed E-state index contributed by atoms with van der Waals surface area (Å²) in [5.74, 6) is 9.38. The lowest BCUT2D eigenvalue weighted by Gasteiger charge is -2.10. The molecule has 4 aromatic rings. The third-order valence-corrected chi connectivity index (χ3v) is 4.70. The van der Waals surface area contributed by atoms with Gasteiger partial charge in [0, 0.05) is 18.7 Å². The van der Waals surface area contributed by atoms with Crippen LogP contribution in [0, 0.1) is 25.7 Å². The molecule has 3 heterocycles. The topological polar surface area (TPSA) is 87.8 Å². The summed E-state index contributed by atoms with van der Waals surface area (Å²) in [5, 5.41) is 4.37. The van der Waals surface area contributed by atoms with Gasteiger partial charge >= 0.3 is 0 Å². The molecule has 32 heavy (non-hydrogen) atoms. The first-order valence-corrected chi connectivity index (χ1v) is 9.96. The van der Waals surface area contributed by atoms with Crippen LogP contribution in [0.1, 0.15) is 34.2 Å². The van der Waals surface area contributed by atoms with E-state index >= 15 is 0 Å². The van der Waals surface area contributed by atoms with E-state index in [1.54, 1.807) is 31.2 Å². The number of nitrogens with zero attached hydrogens (tertiary/aromatic N) is 6. The molecule has 0 bridgehead atoms. The van der Waals surface area contributed by atoms with Gasteiger partial charge in [0.1, 0.15) is 29.4 Å². The minimum absolute atomic E-state index is 0.539. The molecule has 0 aliphatic carbocycles. The molecule has 8 nitrogen and oxygen atoms in total. The zero-order valence-electron chi connectivity index (χ0n) is 18.3. The summed E-state index contributed by atoms with van der Waals surface area (Å²) in [5.41, 5.74) is 3.36. The van der Waals surface area contributed by atoms with Crippen molar-refractivity contribution in [2.45, 2.75) is 20.3 Å². The molecule has 160 valence electrons. The number of benzene rings is 1. The maximum Gasteiger partial charge on any atom is 0.161 e. The van der Waals surface area contributed by atoms with Crippen LogP contribution >= 0.6 is 0 Å². The fraction of sp³-hybridized carbons (Fsp3) is 0.208. The van der Waals surface area contributed by atoms with E-state index in [2.05, 4.69) is 36.9 Å². The largest absolute Gasteiger partial charge is 0.493 e. The van der Waals surface area contributed by atoms with Gasteiger partial charge in [0.25, 0.3) is 0 Å². The zero-order chi connectivity index (χ0) is 22.5. The summed E-state index contributed by atoms with van der Waals surface area (Å²) in [4.78, 5) is 17.7. The molecule has 0 aliphatic rings. The van der Waals surface area contributed by atoms with Crippen LogP contribution in [0.3, 0.4) is 0 Å². The van der Waals surface area contributed by atoms with Gasteiger partial charge in [-0.1, -0.05) is 12.1 Å². The van der Waals surface area contributed by atoms with Gasteiger partial charge in [0.15, 0.2) is 17.3 Å². The highest BCUT2D eigenvalue weighted by molar-refractivity contribution is 5.44. The normalized spacial score (nSPS) is 10.4. The number of hydrogen-bond acceptors (Lipinski definition) is 7. The summed E-state index contributed by atoms with van der Waals surface area (Å²) in [7, 11) is 3.23. The SMILES string of the molecule is COc1ccc(Cc2ncnn2-c2cc(C#Cc3ccc(C)cn3)nc(C)n2)cc1OC. The van der Waals surface area contributed by atoms with E-state index in [4.69, 9.17) is 9.47 Å². The minimum Gasteiger partial charge on any atom is -0.493 e. The van der Waals surface area contributed by atoms with Crippen LogP contribution in [0.15, 0.2) is 48.9 Å². The van der Waals surface area contributed by atoms with Crippen molar-refractivity contribution in [3.8, 4) is 29.2 Å². The Labute approximate surface area is 186 Å². The van der Waals surface area contributed by atoms with Crippen LogP contribution in [-0.2, 0) is 6.42 Å². The Hall–Kier alpha value is -4.25. The van der Waals surface area contributed by atoms with Crippen LogP contribution in [0.25, 0.3) is 5.82 Å². The number of aryl methyl sites for hydroxylation is 2. The van der Waals surface area contributed by atoms with E-state index in [0.717, 1.165) is 17.0 Å². The average molecular weight is 426 g/mol. The standard InChI is InChI=1S/C24H22N6O2/c1-16-5-7-19(25-14-16)8-9-20-13-24(29-17(2)28-20)30-23(26-15-27-30)12-18-6-10-21(31-3)22(11-18)32-4/h5-7,10-11,13-15H,12H2,1-4H3. The number of aromatic nitrogens is 6. The highest BCUT2D eigenvalue weighted by atomic mass is 16.5. The van der Waals surface area contributed by atoms with Crippen molar-refractivity contribution < 1.29 is 9.47 Å². The minimum atomic E-state index is 0.539. The molecule has 0 saturated heterocycles. The predicted molar refractivity (Wildman–Crippen MR) is 119 cm³/mol. The first-order valence-electron chi connectivity index (χ1n) is 9.96. The molecule has 0 aliphatic heterocycles. The lowest BCUT2D eigenvalue weighted by atomic mass is 10.1. The van der Waals surface area contributed by atoms with Crippen LogP contribution in [0.4, 0.5) is 0 Å². The second kappa shape index (κ2) is 9.27. The highest BCUT2D eigenvalue weighted by Gasteiger charge is 2.12. The van der Waals surface area contributed by atoms with Crippen LogP contribution in [0.5, 0.6) is 11.5 Å². The van der Waals surface area contributed by atoms with E-state index in [-0.39, 0.29) is 0 Å². The first-order chi connectivity index (χ1) is 15.6. The molecule has 0 amide bonds. The van der Waals surface area contributed by atoms with Crippen molar-refractivity contribution in [1.82, 2.24) is 29.7 Å². The summed E-state index contributed by atoms with van der Waals surface area (Å²) >= 11 is 0. The number of pyridine rings is 1. The summed E-state index contributed by atoms with van der Waals surface area (Å²) in [6.45, 7) is 3.81. The fourth-order valence-corrected chi connectivity index (χ4v) is 3.14. The smallest absolute Gasteiger partial charge is 0.161 e. The maximum atomic E-state index is 5.40. The second-order valence-electron chi connectivity index (χ2n) is 7.08. The molecule has 1 aromatic carbocycles. The molecular formula is C24H22N6O2. The molecule has 0 N–H and O–H groups in total. The number of methoxy groups -OCH3 is 2. The molecule has 8 heteroatoms. The molecule has 3 aromatic heterocycles. The lowest BCUT2D eigenvalue weighted by molar-refractivity contribution is 0.354. The number of rotatable bonds is 5. The maximum absolute atomic E-state index is 5.40. The molecular weight excluding hydrogens is 404 g/mol. The first kappa shape index (κ1) is 21.0. The van der Waals surface area contributed by atoms with Crippen molar-refractivity contribution in [1.29, 1.82) is 0 Å². The summed E-state index contributed by atoms with van der Waals surface area (Å²) in [6, 6.07) is 11.4. The summed E-state index contributed by atoms with van der Waals surface area (Å²) < 4.78 is 12.4. The van der Waals surface area contributed by atoms with Crippen molar-refractivity contribution in [3.05, 3.63) is 83.1 Å². The Morgan fingerprint density at radius 3 is 2.44 bits per heavy atom. The number of ether oxygens (including phenoxy) is 2. The fourth-order valence-electron chi connectivity index (χ4n) is 3.14. The van der Waals surface area contributed by atoms with Crippen molar-refractivity contribution in [3.63, 3.8) is 0 Å². The number of hydrogen-bond donors (Lipinski definition) is 0. The van der Waals surface area contributed by atoms with E-state index in [0.29, 0.717) is 40.9 Å². The van der Waals surface area contributed by atoms with Crippen molar-refractivity contribution >= 4 is 0 Å². The molecule has 0 atom stereocenters. The van der Waals surface area contributed by atoms with E-state index in [1.807, 2.05) is 44.2 Å². The van der Waals surface area contributed by atoms with E-state index in [9.17, 15) is 0 Å². The van der Waals surface area contributed by atoms with Gasteiger partial charge in [-0.05, 0) is 55.0 Å². The van der Waals surface area contributed by atoms with E-state index < -0.39 is 0 Å². The molecule has 0 fully saturated rings. The van der Waals surface area contributed by atoms with Gasteiger partial charge in [-0.3, -0.25) is 0 Å². The average Bonchev–Trinajstić information content (AvgIpc) is 3.26. The van der Waals surface area contributed by atoms with Crippen molar-refractivity contribution in [2.75, 3.05) is 14.2 Å². The monoisotopic (exact) mass is 426 g/mol. The molecule has 4 rings (SSSR count). The Kier molecular flexibility index (Phi) is 6.08.